The fourth-order valence-electron chi connectivity index (χ4n) is 1.45. The van der Waals surface area contributed by atoms with E-state index in [-0.39, 0.29) is 0 Å². The minimum atomic E-state index is -0.511. The van der Waals surface area contributed by atoms with Gasteiger partial charge in [0.2, 0.25) is 0 Å². The van der Waals surface area contributed by atoms with Crippen molar-refractivity contribution in [2.45, 2.75) is 19.4 Å². The summed E-state index contributed by atoms with van der Waals surface area (Å²) in [5.74, 6) is 0. The summed E-state index contributed by atoms with van der Waals surface area (Å²) in [5, 5.41) is 10.00. The molecule has 2 aromatic heterocycles. The zero-order chi connectivity index (χ0) is 11.5. The molecule has 2 rings (SSSR count). The first-order chi connectivity index (χ1) is 7.65. The number of aliphatic hydroxyl groups excluding tert-OH is 1. The summed E-state index contributed by atoms with van der Waals surface area (Å²) < 4.78 is 0.754. The molecule has 2 aromatic rings. The number of rotatable bonds is 3. The molecule has 1 unspecified atom stereocenters. The molecule has 0 bridgehead atoms. The monoisotopic (exact) mass is 253 g/mol. The van der Waals surface area contributed by atoms with Gasteiger partial charge in [-0.2, -0.15) is 0 Å². The topological polar surface area (TPSA) is 33.1 Å². The van der Waals surface area contributed by atoms with Crippen molar-refractivity contribution in [3.8, 4) is 0 Å². The van der Waals surface area contributed by atoms with Crippen LogP contribution in [0.4, 0.5) is 0 Å². The number of aromatic nitrogens is 1. The second-order valence-electron chi connectivity index (χ2n) is 3.66. The van der Waals surface area contributed by atoms with Crippen molar-refractivity contribution in [2.24, 2.45) is 0 Å². The van der Waals surface area contributed by atoms with Crippen LogP contribution in [0.3, 0.4) is 0 Å². The van der Waals surface area contributed by atoms with E-state index in [1.54, 1.807) is 6.20 Å². The number of pyridine rings is 1. The Morgan fingerprint density at radius 2 is 2.19 bits per heavy atom. The number of thiophene rings is 1. The van der Waals surface area contributed by atoms with Crippen LogP contribution in [0.1, 0.15) is 22.2 Å². The summed E-state index contributed by atoms with van der Waals surface area (Å²) in [6.45, 7) is 1.93. The van der Waals surface area contributed by atoms with Crippen molar-refractivity contribution in [3.05, 3.63) is 50.9 Å². The van der Waals surface area contributed by atoms with Gasteiger partial charge in [0.15, 0.2) is 0 Å². The normalized spacial score (nSPS) is 12.7. The Balaban J connectivity index is 2.08. The van der Waals surface area contributed by atoms with Crippen molar-refractivity contribution in [1.29, 1.82) is 0 Å². The van der Waals surface area contributed by atoms with Crippen LogP contribution in [0.2, 0.25) is 4.34 Å². The third kappa shape index (κ3) is 2.82. The van der Waals surface area contributed by atoms with Crippen molar-refractivity contribution in [1.82, 2.24) is 4.98 Å². The maximum Gasteiger partial charge on any atom is 0.0931 e. The van der Waals surface area contributed by atoms with Crippen LogP contribution >= 0.6 is 22.9 Å². The highest BCUT2D eigenvalue weighted by atomic mass is 35.5. The first-order valence-electron chi connectivity index (χ1n) is 5.00. The van der Waals surface area contributed by atoms with Gasteiger partial charge in [-0.25, -0.2) is 0 Å². The number of aliphatic hydroxyl groups is 1. The third-order valence-electron chi connectivity index (χ3n) is 2.34. The lowest BCUT2D eigenvalue weighted by atomic mass is 10.1. The lowest BCUT2D eigenvalue weighted by molar-refractivity contribution is 0.179. The predicted octanol–water partition coefficient (Wildman–Crippen LogP) is 3.38. The van der Waals surface area contributed by atoms with E-state index >= 15 is 0 Å². The molecule has 0 spiro atoms. The Morgan fingerprint density at radius 1 is 1.38 bits per heavy atom. The molecule has 0 saturated carbocycles. The van der Waals surface area contributed by atoms with Gasteiger partial charge in [0.05, 0.1) is 10.4 Å². The minimum Gasteiger partial charge on any atom is -0.388 e. The molecule has 16 heavy (non-hydrogen) atoms. The highest BCUT2D eigenvalue weighted by Gasteiger charge is 2.10. The van der Waals surface area contributed by atoms with Gasteiger partial charge in [0.25, 0.3) is 0 Å². The fraction of sp³-hybridized carbons (Fsp3) is 0.250. The van der Waals surface area contributed by atoms with Gasteiger partial charge in [-0.1, -0.05) is 17.7 Å². The molecule has 2 heterocycles. The molecule has 2 nitrogen and oxygen atoms in total. The Labute approximate surface area is 104 Å². The van der Waals surface area contributed by atoms with Gasteiger partial charge >= 0.3 is 0 Å². The highest BCUT2D eigenvalue weighted by Crippen LogP contribution is 2.26. The van der Waals surface area contributed by atoms with Gasteiger partial charge in [-0.15, -0.1) is 11.3 Å². The number of hydrogen-bond donors (Lipinski definition) is 1. The van der Waals surface area contributed by atoms with Gasteiger partial charge in [-0.05, 0) is 30.7 Å². The molecule has 0 aliphatic rings. The van der Waals surface area contributed by atoms with Crippen LogP contribution in [-0.2, 0) is 6.42 Å². The van der Waals surface area contributed by atoms with Crippen molar-refractivity contribution < 1.29 is 5.11 Å². The summed E-state index contributed by atoms with van der Waals surface area (Å²) >= 11 is 7.33. The predicted molar refractivity (Wildman–Crippen MR) is 67.0 cm³/mol. The second kappa shape index (κ2) is 4.95. The van der Waals surface area contributed by atoms with E-state index in [0.717, 1.165) is 20.5 Å². The standard InChI is InChI=1S/C12H12ClNOS/c1-8-2-3-9(7-14-8)11(15)6-10-4-5-12(13)16-10/h2-5,7,11,15H,6H2,1H3. The molecule has 84 valence electrons. The summed E-state index contributed by atoms with van der Waals surface area (Å²) in [6.07, 6.45) is 1.79. The van der Waals surface area contributed by atoms with Gasteiger partial charge < -0.3 is 5.11 Å². The number of hydrogen-bond acceptors (Lipinski definition) is 3. The van der Waals surface area contributed by atoms with Gasteiger partial charge in [0.1, 0.15) is 0 Å². The Kier molecular flexibility index (Phi) is 3.59. The van der Waals surface area contributed by atoms with Gasteiger partial charge in [0, 0.05) is 23.2 Å². The Morgan fingerprint density at radius 3 is 2.75 bits per heavy atom. The van der Waals surface area contributed by atoms with E-state index in [0.29, 0.717) is 6.42 Å². The van der Waals surface area contributed by atoms with Crippen LogP contribution in [0, 0.1) is 6.92 Å². The SMILES string of the molecule is Cc1ccc(C(O)Cc2ccc(Cl)s2)cn1. The zero-order valence-electron chi connectivity index (χ0n) is 8.85. The summed E-state index contributed by atoms with van der Waals surface area (Å²) in [5.41, 5.74) is 1.80. The van der Waals surface area contributed by atoms with Crippen molar-refractivity contribution in [2.75, 3.05) is 0 Å². The van der Waals surface area contributed by atoms with Crippen LogP contribution < -0.4 is 0 Å². The molecule has 1 N–H and O–H groups in total. The zero-order valence-corrected chi connectivity index (χ0v) is 10.4. The molecule has 0 aliphatic heterocycles. The average Bonchev–Trinajstić information content (AvgIpc) is 2.65. The van der Waals surface area contributed by atoms with Crippen molar-refractivity contribution >= 4 is 22.9 Å². The van der Waals surface area contributed by atoms with Gasteiger partial charge in [-0.3, -0.25) is 4.98 Å². The average molecular weight is 254 g/mol. The van der Waals surface area contributed by atoms with Crippen LogP contribution in [0.15, 0.2) is 30.5 Å². The summed E-state index contributed by atoms with van der Waals surface area (Å²) in [4.78, 5) is 5.25. The van der Waals surface area contributed by atoms with E-state index in [1.165, 1.54) is 11.3 Å². The molecular formula is C12H12ClNOS. The Bertz CT molecular complexity index is 466. The van der Waals surface area contributed by atoms with Crippen molar-refractivity contribution in [3.63, 3.8) is 0 Å². The minimum absolute atomic E-state index is 0.511. The molecular weight excluding hydrogens is 242 g/mol. The first kappa shape index (κ1) is 11.6. The van der Waals surface area contributed by atoms with Crippen LogP contribution in [-0.4, -0.2) is 10.1 Å². The largest absolute Gasteiger partial charge is 0.388 e. The Hall–Kier alpha value is -0.900. The lowest BCUT2D eigenvalue weighted by Crippen LogP contribution is -2.01. The molecule has 0 fully saturated rings. The van der Waals surface area contributed by atoms with E-state index in [2.05, 4.69) is 4.98 Å². The van der Waals surface area contributed by atoms with Crippen LogP contribution in [0.5, 0.6) is 0 Å². The molecule has 4 heteroatoms. The third-order valence-corrected chi connectivity index (χ3v) is 3.60. The smallest absolute Gasteiger partial charge is 0.0931 e. The fourth-order valence-corrected chi connectivity index (χ4v) is 2.57. The van der Waals surface area contributed by atoms with E-state index in [1.807, 2.05) is 31.2 Å². The molecule has 0 amide bonds. The highest BCUT2D eigenvalue weighted by molar-refractivity contribution is 7.16. The molecule has 1 atom stereocenters. The van der Waals surface area contributed by atoms with E-state index < -0.39 is 6.10 Å². The van der Waals surface area contributed by atoms with Crippen LogP contribution in [0.25, 0.3) is 0 Å². The number of halogens is 1. The number of nitrogens with zero attached hydrogens (tertiary/aromatic N) is 1. The molecule has 0 saturated heterocycles. The second-order valence-corrected chi connectivity index (χ2v) is 5.46. The molecule has 0 aliphatic carbocycles. The van der Waals surface area contributed by atoms with E-state index in [9.17, 15) is 5.11 Å². The maximum atomic E-state index is 10.00. The molecule has 0 radical (unpaired) electrons. The lowest BCUT2D eigenvalue weighted by Gasteiger charge is -2.09. The number of aryl methyl sites for hydroxylation is 1. The molecule has 0 aromatic carbocycles. The quantitative estimate of drug-likeness (QED) is 0.910. The van der Waals surface area contributed by atoms with E-state index in [4.69, 9.17) is 11.6 Å². The maximum absolute atomic E-state index is 10.00. The summed E-state index contributed by atoms with van der Waals surface area (Å²) in [7, 11) is 0. The summed E-state index contributed by atoms with van der Waals surface area (Å²) in [6, 6.07) is 7.60. The first-order valence-corrected chi connectivity index (χ1v) is 6.19.